The number of amides is 1. The molecule has 0 spiro atoms. The number of carbonyl (C=O) groups is 2. The van der Waals surface area contributed by atoms with Crippen molar-refractivity contribution < 1.29 is 28.9 Å². The molecule has 0 aliphatic heterocycles. The van der Waals surface area contributed by atoms with E-state index in [1.54, 1.807) is 18.2 Å². The van der Waals surface area contributed by atoms with Crippen molar-refractivity contribution in [1.29, 1.82) is 0 Å². The number of carboxylic acids is 1. The zero-order valence-electron chi connectivity index (χ0n) is 14.6. The van der Waals surface area contributed by atoms with Crippen LogP contribution in [-0.4, -0.2) is 31.4 Å². The maximum Gasteiger partial charge on any atom is 0.407 e. The molecule has 138 valence electrons. The number of benzene rings is 2. The second-order valence-corrected chi connectivity index (χ2v) is 5.46. The van der Waals surface area contributed by atoms with Crippen LogP contribution in [0.15, 0.2) is 48.5 Å². The normalized spacial score (nSPS) is 11.3. The van der Waals surface area contributed by atoms with Crippen molar-refractivity contribution in [2.24, 2.45) is 0 Å². The van der Waals surface area contributed by atoms with E-state index >= 15 is 0 Å². The molecule has 0 fully saturated rings. The Balaban J connectivity index is 2.11. The first kappa shape index (κ1) is 19.1. The van der Waals surface area contributed by atoms with Gasteiger partial charge in [-0.1, -0.05) is 30.3 Å². The standard InChI is InChI=1S/C19H21NO6/c1-24-14-8-9-15(17(10-14)25-2)16(11-18(21)22)20-19(23)26-12-13-6-4-3-5-7-13/h3-10,16H,11-12H2,1-2H3,(H,20,23)(H,21,22). The highest BCUT2D eigenvalue weighted by atomic mass is 16.5. The van der Waals surface area contributed by atoms with Crippen LogP contribution < -0.4 is 14.8 Å². The van der Waals surface area contributed by atoms with Gasteiger partial charge in [0.2, 0.25) is 0 Å². The van der Waals surface area contributed by atoms with Crippen molar-refractivity contribution in [3.05, 3.63) is 59.7 Å². The molecule has 7 nitrogen and oxygen atoms in total. The van der Waals surface area contributed by atoms with E-state index in [-0.39, 0.29) is 13.0 Å². The molecule has 2 aromatic rings. The first-order chi connectivity index (χ1) is 12.5. The Morgan fingerprint density at radius 3 is 2.42 bits per heavy atom. The van der Waals surface area contributed by atoms with Crippen molar-refractivity contribution >= 4 is 12.1 Å². The highest BCUT2D eigenvalue weighted by molar-refractivity contribution is 5.72. The molecule has 1 amide bonds. The minimum Gasteiger partial charge on any atom is -0.497 e. The van der Waals surface area contributed by atoms with Gasteiger partial charge in [-0.25, -0.2) is 4.79 Å². The molecule has 0 saturated carbocycles. The van der Waals surface area contributed by atoms with E-state index in [1.807, 2.05) is 30.3 Å². The second-order valence-electron chi connectivity index (χ2n) is 5.46. The number of alkyl carbamates (subject to hydrolysis) is 1. The Morgan fingerprint density at radius 2 is 1.81 bits per heavy atom. The molecule has 7 heteroatoms. The first-order valence-electron chi connectivity index (χ1n) is 7.94. The van der Waals surface area contributed by atoms with Crippen LogP contribution in [0.4, 0.5) is 4.79 Å². The molecule has 26 heavy (non-hydrogen) atoms. The smallest absolute Gasteiger partial charge is 0.407 e. The van der Waals surface area contributed by atoms with Gasteiger partial charge in [-0.3, -0.25) is 4.79 Å². The molecule has 0 radical (unpaired) electrons. The Labute approximate surface area is 151 Å². The number of hydrogen-bond acceptors (Lipinski definition) is 5. The van der Waals surface area contributed by atoms with Crippen molar-refractivity contribution in [1.82, 2.24) is 5.32 Å². The molecule has 0 heterocycles. The molecule has 1 atom stereocenters. The van der Waals surface area contributed by atoms with Gasteiger partial charge >= 0.3 is 12.1 Å². The highest BCUT2D eigenvalue weighted by Gasteiger charge is 2.22. The lowest BCUT2D eigenvalue weighted by Crippen LogP contribution is -2.31. The van der Waals surface area contributed by atoms with Gasteiger partial charge in [-0.15, -0.1) is 0 Å². The van der Waals surface area contributed by atoms with E-state index in [0.29, 0.717) is 17.1 Å². The molecule has 0 saturated heterocycles. The number of hydrogen-bond donors (Lipinski definition) is 2. The van der Waals surface area contributed by atoms with Crippen LogP contribution in [0.5, 0.6) is 11.5 Å². The van der Waals surface area contributed by atoms with Crippen LogP contribution in [0.2, 0.25) is 0 Å². The molecule has 0 bridgehead atoms. The Kier molecular flexibility index (Phi) is 6.84. The van der Waals surface area contributed by atoms with Crippen molar-refractivity contribution in [3.63, 3.8) is 0 Å². The molecular weight excluding hydrogens is 338 g/mol. The Bertz CT molecular complexity index is 747. The van der Waals surface area contributed by atoms with E-state index in [0.717, 1.165) is 5.56 Å². The summed E-state index contributed by atoms with van der Waals surface area (Å²) in [6, 6.07) is 13.3. The van der Waals surface area contributed by atoms with Gasteiger partial charge in [0.05, 0.1) is 26.7 Å². The zero-order valence-corrected chi connectivity index (χ0v) is 14.6. The minimum absolute atomic E-state index is 0.0895. The number of carboxylic acid groups (broad SMARTS) is 1. The number of methoxy groups -OCH3 is 2. The van der Waals surface area contributed by atoms with Gasteiger partial charge in [0, 0.05) is 11.6 Å². The van der Waals surface area contributed by atoms with Crippen LogP contribution >= 0.6 is 0 Å². The molecule has 0 aliphatic rings. The number of carbonyl (C=O) groups excluding carboxylic acids is 1. The molecule has 1 unspecified atom stereocenters. The summed E-state index contributed by atoms with van der Waals surface area (Å²) in [5.74, 6) is -0.0819. The number of ether oxygens (including phenoxy) is 3. The lowest BCUT2D eigenvalue weighted by atomic mass is 10.0. The average molecular weight is 359 g/mol. The highest BCUT2D eigenvalue weighted by Crippen LogP contribution is 2.31. The molecule has 2 aromatic carbocycles. The van der Waals surface area contributed by atoms with E-state index in [1.165, 1.54) is 14.2 Å². The SMILES string of the molecule is COc1ccc(C(CC(=O)O)NC(=O)OCc2ccccc2)c(OC)c1. The zero-order chi connectivity index (χ0) is 18.9. The van der Waals surface area contributed by atoms with Gasteiger partial charge < -0.3 is 24.6 Å². The van der Waals surface area contributed by atoms with E-state index in [4.69, 9.17) is 14.2 Å². The van der Waals surface area contributed by atoms with Crippen molar-refractivity contribution in [2.75, 3.05) is 14.2 Å². The largest absolute Gasteiger partial charge is 0.497 e. The maximum atomic E-state index is 12.1. The summed E-state index contributed by atoms with van der Waals surface area (Å²) in [6.45, 7) is 0.0895. The van der Waals surface area contributed by atoms with Gasteiger partial charge in [-0.2, -0.15) is 0 Å². The predicted molar refractivity (Wildman–Crippen MR) is 94.3 cm³/mol. The topological polar surface area (TPSA) is 94.1 Å². The monoisotopic (exact) mass is 359 g/mol. The number of aliphatic carboxylic acids is 1. The van der Waals surface area contributed by atoms with Gasteiger partial charge in [0.25, 0.3) is 0 Å². The maximum absolute atomic E-state index is 12.1. The van der Waals surface area contributed by atoms with Crippen LogP contribution in [0.25, 0.3) is 0 Å². The summed E-state index contributed by atoms with van der Waals surface area (Å²) in [6.07, 6.45) is -1.03. The average Bonchev–Trinajstić information content (AvgIpc) is 2.65. The fourth-order valence-electron chi connectivity index (χ4n) is 2.43. The Morgan fingerprint density at radius 1 is 1.08 bits per heavy atom. The van der Waals surface area contributed by atoms with E-state index in [2.05, 4.69) is 5.32 Å². The number of nitrogens with one attached hydrogen (secondary N) is 1. The quantitative estimate of drug-likeness (QED) is 0.752. The summed E-state index contributed by atoms with van der Waals surface area (Å²) in [4.78, 5) is 23.3. The van der Waals surface area contributed by atoms with Crippen molar-refractivity contribution in [3.8, 4) is 11.5 Å². The molecule has 2 N–H and O–H groups in total. The summed E-state index contributed by atoms with van der Waals surface area (Å²) in [5, 5.41) is 11.8. The molecule has 0 aliphatic carbocycles. The predicted octanol–water partition coefficient (Wildman–Crippen LogP) is 3.15. The van der Waals surface area contributed by atoms with Gasteiger partial charge in [0.15, 0.2) is 0 Å². The molecule has 2 rings (SSSR count). The van der Waals surface area contributed by atoms with Crippen molar-refractivity contribution in [2.45, 2.75) is 19.1 Å². The van der Waals surface area contributed by atoms with Crippen LogP contribution in [0.1, 0.15) is 23.6 Å². The summed E-state index contributed by atoms with van der Waals surface area (Å²) < 4.78 is 15.6. The van der Waals surface area contributed by atoms with E-state index in [9.17, 15) is 14.7 Å². The molecule has 0 aromatic heterocycles. The molecular formula is C19H21NO6. The fourth-order valence-corrected chi connectivity index (χ4v) is 2.43. The third kappa shape index (κ3) is 5.41. The van der Waals surface area contributed by atoms with Gasteiger partial charge in [-0.05, 0) is 17.7 Å². The lowest BCUT2D eigenvalue weighted by Gasteiger charge is -2.20. The second kappa shape index (κ2) is 9.31. The third-order valence-electron chi connectivity index (χ3n) is 3.70. The van der Waals surface area contributed by atoms with Crippen LogP contribution in [0.3, 0.4) is 0 Å². The van der Waals surface area contributed by atoms with Gasteiger partial charge in [0.1, 0.15) is 18.1 Å². The van der Waals surface area contributed by atoms with Crippen LogP contribution in [0, 0.1) is 0 Å². The third-order valence-corrected chi connectivity index (χ3v) is 3.70. The minimum atomic E-state index is -1.06. The first-order valence-corrected chi connectivity index (χ1v) is 7.94. The number of rotatable bonds is 8. The summed E-state index contributed by atoms with van der Waals surface area (Å²) >= 11 is 0. The lowest BCUT2D eigenvalue weighted by molar-refractivity contribution is -0.137. The van der Waals surface area contributed by atoms with Crippen LogP contribution in [-0.2, 0) is 16.1 Å². The van der Waals surface area contributed by atoms with E-state index < -0.39 is 18.1 Å². The summed E-state index contributed by atoms with van der Waals surface area (Å²) in [5.41, 5.74) is 1.35. The fraction of sp³-hybridized carbons (Fsp3) is 0.263. The Hall–Kier alpha value is -3.22. The summed E-state index contributed by atoms with van der Waals surface area (Å²) in [7, 11) is 2.98.